The van der Waals surface area contributed by atoms with Crippen LogP contribution in [0.25, 0.3) is 11.1 Å². The monoisotopic (exact) mass is 272 g/mol. The number of nitrogens with two attached hydrogens (primary N) is 1. The highest BCUT2D eigenvalue weighted by atomic mass is 32.2. The van der Waals surface area contributed by atoms with Crippen LogP contribution in [0.2, 0.25) is 0 Å². The minimum absolute atomic E-state index is 0.0404. The third kappa shape index (κ3) is 3.05. The van der Waals surface area contributed by atoms with E-state index in [9.17, 15) is 12.8 Å². The number of hydrogen-bond acceptors (Lipinski definition) is 5. The van der Waals surface area contributed by atoms with Crippen molar-refractivity contribution in [3.8, 4) is 0 Å². The molecule has 0 aliphatic carbocycles. The van der Waals surface area contributed by atoms with E-state index < -0.39 is 21.7 Å². The van der Waals surface area contributed by atoms with Crippen molar-refractivity contribution in [3.63, 3.8) is 0 Å². The van der Waals surface area contributed by atoms with Gasteiger partial charge in [-0.1, -0.05) is 0 Å². The molecule has 98 valence electrons. The largest absolute Gasteiger partial charge is 0.439 e. The van der Waals surface area contributed by atoms with Gasteiger partial charge in [0, 0.05) is 12.3 Å². The molecule has 2 aromatic rings. The van der Waals surface area contributed by atoms with Gasteiger partial charge in [-0.05, 0) is 18.6 Å². The van der Waals surface area contributed by atoms with Crippen LogP contribution >= 0.6 is 0 Å². The smallest absolute Gasteiger partial charge is 0.212 e. The van der Waals surface area contributed by atoms with E-state index in [1.807, 2.05) is 0 Å². The molecule has 0 saturated heterocycles. The molecule has 1 unspecified atom stereocenters. The van der Waals surface area contributed by atoms with Crippen molar-refractivity contribution in [3.05, 3.63) is 29.9 Å². The minimum Gasteiger partial charge on any atom is -0.439 e. The summed E-state index contributed by atoms with van der Waals surface area (Å²) in [4.78, 5) is 4.05. The number of sulfone groups is 1. The van der Waals surface area contributed by atoms with Crippen LogP contribution in [0.3, 0.4) is 0 Å². The van der Waals surface area contributed by atoms with E-state index in [-0.39, 0.29) is 18.1 Å². The lowest BCUT2D eigenvalue weighted by Crippen LogP contribution is -2.15. The maximum atomic E-state index is 13.0. The summed E-state index contributed by atoms with van der Waals surface area (Å²) in [7, 11) is -3.07. The Hall–Kier alpha value is -1.47. The van der Waals surface area contributed by atoms with E-state index in [0.29, 0.717) is 11.1 Å². The summed E-state index contributed by atoms with van der Waals surface area (Å²) in [6, 6.07) is 3.35. The average Bonchev–Trinajstić information content (AvgIpc) is 2.67. The normalized spacial score (nSPS) is 13.9. The first-order valence-electron chi connectivity index (χ1n) is 5.34. The number of aromatic nitrogens is 1. The molecule has 5 nitrogen and oxygen atoms in total. The summed E-state index contributed by atoms with van der Waals surface area (Å²) in [5.74, 6) is -0.229. The van der Waals surface area contributed by atoms with E-state index in [2.05, 4.69) is 4.98 Å². The average molecular weight is 272 g/mol. The Balaban J connectivity index is 2.20. The van der Waals surface area contributed by atoms with Gasteiger partial charge in [-0.25, -0.2) is 17.8 Å². The molecule has 0 amide bonds. The molecule has 2 rings (SSSR count). The van der Waals surface area contributed by atoms with Gasteiger partial charge in [0.25, 0.3) is 0 Å². The Morgan fingerprint density at radius 1 is 1.50 bits per heavy atom. The molecule has 0 fully saturated rings. The van der Waals surface area contributed by atoms with Crippen molar-refractivity contribution >= 4 is 20.9 Å². The first-order chi connectivity index (χ1) is 8.35. The van der Waals surface area contributed by atoms with E-state index >= 15 is 0 Å². The number of rotatable bonds is 4. The molecule has 0 aliphatic heterocycles. The summed E-state index contributed by atoms with van der Waals surface area (Å²) in [5.41, 5.74) is 6.60. The van der Waals surface area contributed by atoms with Gasteiger partial charge in [-0.15, -0.1) is 0 Å². The molecule has 1 aromatic carbocycles. The van der Waals surface area contributed by atoms with Gasteiger partial charge in [0.1, 0.15) is 21.2 Å². The number of oxazole rings is 1. The molecule has 0 radical (unpaired) electrons. The van der Waals surface area contributed by atoms with Gasteiger partial charge in [-0.3, -0.25) is 0 Å². The van der Waals surface area contributed by atoms with Crippen LogP contribution < -0.4 is 5.73 Å². The highest BCUT2D eigenvalue weighted by molar-refractivity contribution is 7.90. The molecule has 0 bridgehead atoms. The lowest BCUT2D eigenvalue weighted by Gasteiger charge is -2.05. The van der Waals surface area contributed by atoms with Crippen LogP contribution in [0.1, 0.15) is 18.4 Å². The van der Waals surface area contributed by atoms with Crippen LogP contribution in [0.15, 0.2) is 22.6 Å². The first-order valence-corrected chi connectivity index (χ1v) is 7.40. The molecule has 0 saturated carbocycles. The van der Waals surface area contributed by atoms with Gasteiger partial charge in [-0.2, -0.15) is 0 Å². The quantitative estimate of drug-likeness (QED) is 0.909. The summed E-state index contributed by atoms with van der Waals surface area (Å²) in [6.45, 7) is 0. The number of nitrogens with zero attached hydrogens (tertiary/aromatic N) is 1. The van der Waals surface area contributed by atoms with Gasteiger partial charge in [0.05, 0.1) is 11.8 Å². The zero-order valence-corrected chi connectivity index (χ0v) is 10.6. The fourth-order valence-corrected chi connectivity index (χ4v) is 2.22. The van der Waals surface area contributed by atoms with Gasteiger partial charge >= 0.3 is 0 Å². The second kappa shape index (κ2) is 4.66. The Morgan fingerprint density at radius 3 is 2.89 bits per heavy atom. The minimum atomic E-state index is -3.07. The van der Waals surface area contributed by atoms with Crippen molar-refractivity contribution in [1.82, 2.24) is 4.98 Å². The van der Waals surface area contributed by atoms with Crippen LogP contribution in [-0.4, -0.2) is 25.4 Å². The standard InChI is InChI=1S/C11H13FN2O3S/c1-18(15,16)5-4-8(13)11-14-9-6-7(12)2-3-10(9)17-11/h2-3,6,8H,4-5,13H2,1H3. The molecule has 0 spiro atoms. The summed E-state index contributed by atoms with van der Waals surface area (Å²) in [6.07, 6.45) is 1.36. The van der Waals surface area contributed by atoms with E-state index in [0.717, 1.165) is 6.26 Å². The molecule has 2 N–H and O–H groups in total. The maximum absolute atomic E-state index is 13.0. The third-order valence-corrected chi connectivity index (χ3v) is 3.46. The highest BCUT2D eigenvalue weighted by Crippen LogP contribution is 2.21. The van der Waals surface area contributed by atoms with Crippen molar-refractivity contribution in [2.75, 3.05) is 12.0 Å². The van der Waals surface area contributed by atoms with Crippen LogP contribution in [0.5, 0.6) is 0 Å². The number of hydrogen-bond donors (Lipinski definition) is 1. The van der Waals surface area contributed by atoms with Crippen molar-refractivity contribution in [1.29, 1.82) is 0 Å². The van der Waals surface area contributed by atoms with Crippen LogP contribution in [-0.2, 0) is 9.84 Å². The molecule has 18 heavy (non-hydrogen) atoms. The third-order valence-electron chi connectivity index (χ3n) is 2.48. The summed E-state index contributed by atoms with van der Waals surface area (Å²) >= 11 is 0. The number of halogens is 1. The van der Waals surface area contributed by atoms with Gasteiger partial charge < -0.3 is 10.2 Å². The predicted molar refractivity (Wildman–Crippen MR) is 65.2 cm³/mol. The zero-order valence-electron chi connectivity index (χ0n) is 9.76. The summed E-state index contributed by atoms with van der Waals surface area (Å²) < 4.78 is 40.4. The Morgan fingerprint density at radius 2 is 2.22 bits per heavy atom. The Bertz CT molecular complexity index is 666. The molecular weight excluding hydrogens is 259 g/mol. The Labute approximate surface area is 104 Å². The fourth-order valence-electron chi connectivity index (χ4n) is 1.54. The highest BCUT2D eigenvalue weighted by Gasteiger charge is 2.16. The van der Waals surface area contributed by atoms with Crippen LogP contribution in [0, 0.1) is 5.82 Å². The van der Waals surface area contributed by atoms with Gasteiger partial charge in [0.15, 0.2) is 5.58 Å². The number of benzene rings is 1. The van der Waals surface area contributed by atoms with Crippen LogP contribution in [0.4, 0.5) is 4.39 Å². The molecule has 1 aromatic heterocycles. The predicted octanol–water partition coefficient (Wildman–Crippen LogP) is 1.40. The SMILES string of the molecule is CS(=O)(=O)CCC(N)c1nc2cc(F)ccc2o1. The Kier molecular flexibility index (Phi) is 3.36. The van der Waals surface area contributed by atoms with Crippen molar-refractivity contribution < 1.29 is 17.2 Å². The molecule has 1 atom stereocenters. The topological polar surface area (TPSA) is 86.2 Å². The van der Waals surface area contributed by atoms with Gasteiger partial charge in [0.2, 0.25) is 5.89 Å². The number of fused-ring (bicyclic) bond motifs is 1. The first kappa shape index (κ1) is 13.0. The zero-order chi connectivity index (χ0) is 13.3. The van der Waals surface area contributed by atoms with E-state index in [1.165, 1.54) is 18.2 Å². The molecule has 0 aliphatic rings. The lowest BCUT2D eigenvalue weighted by molar-refractivity contribution is 0.468. The second-order valence-electron chi connectivity index (χ2n) is 4.19. The maximum Gasteiger partial charge on any atom is 0.212 e. The second-order valence-corrected chi connectivity index (χ2v) is 6.45. The fraction of sp³-hybridized carbons (Fsp3) is 0.364. The molecule has 7 heteroatoms. The lowest BCUT2D eigenvalue weighted by atomic mass is 10.2. The van der Waals surface area contributed by atoms with Crippen molar-refractivity contribution in [2.45, 2.75) is 12.5 Å². The molecule has 1 heterocycles. The van der Waals surface area contributed by atoms with E-state index in [1.54, 1.807) is 0 Å². The summed E-state index contributed by atoms with van der Waals surface area (Å²) in [5, 5.41) is 0. The van der Waals surface area contributed by atoms with E-state index in [4.69, 9.17) is 10.2 Å². The molecular formula is C11H13FN2O3S. The van der Waals surface area contributed by atoms with Crippen molar-refractivity contribution in [2.24, 2.45) is 5.73 Å².